The summed E-state index contributed by atoms with van der Waals surface area (Å²) in [5.41, 5.74) is 3.81. The largest absolute Gasteiger partial charge is 0.508 e. The van der Waals surface area contributed by atoms with Crippen LogP contribution in [0.4, 0.5) is 0 Å². The molecule has 0 aliphatic carbocycles. The molecule has 0 aliphatic heterocycles. The van der Waals surface area contributed by atoms with Gasteiger partial charge in [-0.3, -0.25) is 4.79 Å². The van der Waals surface area contributed by atoms with E-state index in [9.17, 15) is 9.90 Å². The minimum atomic E-state index is -0.105. The number of hydrogen-bond acceptors (Lipinski definition) is 2. The topological polar surface area (TPSA) is 53.1 Å². The third kappa shape index (κ3) is 1.99. The summed E-state index contributed by atoms with van der Waals surface area (Å²) in [6.07, 6.45) is 0. The van der Waals surface area contributed by atoms with E-state index in [-0.39, 0.29) is 11.3 Å². The summed E-state index contributed by atoms with van der Waals surface area (Å²) < 4.78 is 0. The number of pyridine rings is 1. The summed E-state index contributed by atoms with van der Waals surface area (Å²) in [6.45, 7) is 1.96. The number of phenols is 1. The van der Waals surface area contributed by atoms with Crippen LogP contribution in [0.15, 0.2) is 53.3 Å². The molecule has 0 aliphatic rings. The van der Waals surface area contributed by atoms with Crippen LogP contribution < -0.4 is 5.56 Å². The first kappa shape index (κ1) is 11.5. The van der Waals surface area contributed by atoms with Crippen molar-refractivity contribution in [1.82, 2.24) is 4.98 Å². The molecule has 3 nitrogen and oxygen atoms in total. The molecule has 0 saturated carbocycles. The van der Waals surface area contributed by atoms with Crippen LogP contribution in [0.1, 0.15) is 5.56 Å². The monoisotopic (exact) mass is 251 g/mol. The van der Waals surface area contributed by atoms with Gasteiger partial charge in [-0.05, 0) is 47.9 Å². The van der Waals surface area contributed by atoms with Crippen molar-refractivity contribution in [1.29, 1.82) is 0 Å². The first-order valence-corrected chi connectivity index (χ1v) is 6.07. The molecule has 0 fully saturated rings. The molecular formula is C16H13NO2. The number of rotatable bonds is 1. The van der Waals surface area contributed by atoms with Gasteiger partial charge in [-0.1, -0.05) is 18.2 Å². The van der Waals surface area contributed by atoms with Crippen LogP contribution in [0.25, 0.3) is 22.0 Å². The van der Waals surface area contributed by atoms with Gasteiger partial charge in [0.15, 0.2) is 0 Å². The number of H-pyrrole nitrogens is 1. The Hall–Kier alpha value is -2.55. The van der Waals surface area contributed by atoms with Crippen LogP contribution in [-0.2, 0) is 0 Å². The third-order valence-corrected chi connectivity index (χ3v) is 3.27. The number of aromatic amines is 1. The van der Waals surface area contributed by atoms with Gasteiger partial charge in [-0.25, -0.2) is 0 Å². The van der Waals surface area contributed by atoms with E-state index in [1.807, 2.05) is 37.3 Å². The van der Waals surface area contributed by atoms with E-state index >= 15 is 0 Å². The maximum absolute atomic E-state index is 11.4. The summed E-state index contributed by atoms with van der Waals surface area (Å²) in [5, 5.41) is 10.5. The van der Waals surface area contributed by atoms with Gasteiger partial charge in [0.25, 0.3) is 0 Å². The highest BCUT2D eigenvalue weighted by molar-refractivity contribution is 5.95. The molecule has 2 N–H and O–H groups in total. The average molecular weight is 251 g/mol. The minimum absolute atomic E-state index is 0.105. The molecule has 0 bridgehead atoms. The predicted molar refractivity (Wildman–Crippen MR) is 76.4 cm³/mol. The summed E-state index contributed by atoms with van der Waals surface area (Å²) in [4.78, 5) is 14.2. The van der Waals surface area contributed by atoms with Gasteiger partial charge in [-0.15, -0.1) is 0 Å². The second-order valence-electron chi connectivity index (χ2n) is 4.59. The quantitative estimate of drug-likeness (QED) is 0.697. The van der Waals surface area contributed by atoms with E-state index in [4.69, 9.17) is 0 Å². The number of aromatic hydroxyl groups is 1. The minimum Gasteiger partial charge on any atom is -0.508 e. The molecule has 0 radical (unpaired) electrons. The lowest BCUT2D eigenvalue weighted by molar-refractivity contribution is 0.475. The molecule has 0 amide bonds. The van der Waals surface area contributed by atoms with Crippen molar-refractivity contribution in [3.05, 3.63) is 64.4 Å². The van der Waals surface area contributed by atoms with Crippen molar-refractivity contribution in [2.75, 3.05) is 0 Å². The first-order valence-electron chi connectivity index (χ1n) is 6.07. The summed E-state index contributed by atoms with van der Waals surface area (Å²) >= 11 is 0. The van der Waals surface area contributed by atoms with Crippen molar-refractivity contribution in [2.45, 2.75) is 6.92 Å². The Morgan fingerprint density at radius 2 is 1.84 bits per heavy atom. The zero-order valence-corrected chi connectivity index (χ0v) is 10.5. The molecule has 19 heavy (non-hydrogen) atoms. The van der Waals surface area contributed by atoms with Gasteiger partial charge < -0.3 is 10.1 Å². The summed E-state index contributed by atoms with van der Waals surface area (Å²) in [6, 6.07) is 14.5. The summed E-state index contributed by atoms with van der Waals surface area (Å²) in [5.74, 6) is 0.259. The van der Waals surface area contributed by atoms with E-state index in [1.54, 1.807) is 12.1 Å². The van der Waals surface area contributed by atoms with Crippen molar-refractivity contribution < 1.29 is 5.11 Å². The van der Waals surface area contributed by atoms with Crippen LogP contribution in [-0.4, -0.2) is 10.1 Å². The van der Waals surface area contributed by atoms with Crippen molar-refractivity contribution in [3.8, 4) is 16.9 Å². The number of hydrogen-bond donors (Lipinski definition) is 2. The lowest BCUT2D eigenvalue weighted by atomic mass is 9.97. The molecule has 1 aromatic heterocycles. The van der Waals surface area contributed by atoms with E-state index in [0.29, 0.717) is 0 Å². The van der Waals surface area contributed by atoms with Gasteiger partial charge in [0.2, 0.25) is 5.56 Å². The van der Waals surface area contributed by atoms with E-state index in [1.165, 1.54) is 6.07 Å². The Morgan fingerprint density at radius 1 is 1.00 bits per heavy atom. The van der Waals surface area contributed by atoms with Crippen LogP contribution in [0.2, 0.25) is 0 Å². The van der Waals surface area contributed by atoms with Crippen molar-refractivity contribution in [2.24, 2.45) is 0 Å². The first-order chi connectivity index (χ1) is 9.15. The number of benzene rings is 2. The smallest absolute Gasteiger partial charge is 0.248 e. The molecule has 2 aromatic carbocycles. The molecule has 3 aromatic rings. The molecule has 0 spiro atoms. The number of aryl methyl sites for hydroxylation is 1. The van der Waals surface area contributed by atoms with Gasteiger partial charge >= 0.3 is 0 Å². The maximum Gasteiger partial charge on any atom is 0.248 e. The second kappa shape index (κ2) is 4.28. The Labute approximate surface area is 110 Å². The average Bonchev–Trinajstić information content (AvgIpc) is 2.38. The fraction of sp³-hybridized carbons (Fsp3) is 0.0625. The fourth-order valence-corrected chi connectivity index (χ4v) is 2.37. The maximum atomic E-state index is 11.4. The number of aromatic nitrogens is 1. The molecule has 0 atom stereocenters. The lowest BCUT2D eigenvalue weighted by Crippen LogP contribution is -2.02. The molecule has 0 unspecified atom stereocenters. The van der Waals surface area contributed by atoms with Gasteiger partial charge in [-0.2, -0.15) is 0 Å². The van der Waals surface area contributed by atoms with Gasteiger partial charge in [0, 0.05) is 17.0 Å². The Balaban J connectivity index is 2.33. The zero-order valence-electron chi connectivity index (χ0n) is 10.5. The second-order valence-corrected chi connectivity index (χ2v) is 4.59. The van der Waals surface area contributed by atoms with Crippen molar-refractivity contribution >= 4 is 10.9 Å². The molecule has 94 valence electrons. The Morgan fingerprint density at radius 3 is 2.63 bits per heavy atom. The highest BCUT2D eigenvalue weighted by atomic mass is 16.3. The molecular weight excluding hydrogens is 238 g/mol. The van der Waals surface area contributed by atoms with Crippen LogP contribution in [0.3, 0.4) is 0 Å². The number of phenolic OH excluding ortho intramolecular Hbond substituents is 1. The Bertz CT molecular complexity index is 818. The van der Waals surface area contributed by atoms with Crippen LogP contribution in [0.5, 0.6) is 5.75 Å². The van der Waals surface area contributed by atoms with E-state index < -0.39 is 0 Å². The van der Waals surface area contributed by atoms with E-state index in [2.05, 4.69) is 4.98 Å². The highest BCUT2D eigenvalue weighted by Crippen LogP contribution is 2.31. The zero-order chi connectivity index (χ0) is 13.4. The predicted octanol–water partition coefficient (Wildman–Crippen LogP) is 3.21. The van der Waals surface area contributed by atoms with E-state index in [0.717, 1.165) is 27.6 Å². The van der Waals surface area contributed by atoms with Crippen molar-refractivity contribution in [3.63, 3.8) is 0 Å². The third-order valence-electron chi connectivity index (χ3n) is 3.27. The summed E-state index contributed by atoms with van der Waals surface area (Å²) in [7, 11) is 0. The molecule has 3 rings (SSSR count). The Kier molecular flexibility index (Phi) is 2.60. The fourth-order valence-electron chi connectivity index (χ4n) is 2.37. The van der Waals surface area contributed by atoms with Crippen LogP contribution >= 0.6 is 0 Å². The standard InChI is InChI=1S/C16H13NO2/c1-10-9-11(18)5-6-12(10)13-3-2-4-15-14(13)7-8-16(19)17-15/h2-9,18H,1H3,(H,17,19). The van der Waals surface area contributed by atoms with Crippen LogP contribution in [0, 0.1) is 6.92 Å². The number of nitrogens with one attached hydrogen (secondary N) is 1. The SMILES string of the molecule is Cc1cc(O)ccc1-c1cccc2[nH]c(=O)ccc12. The highest BCUT2D eigenvalue weighted by Gasteiger charge is 2.07. The molecule has 1 heterocycles. The molecule has 3 heteroatoms. The van der Waals surface area contributed by atoms with Gasteiger partial charge in [0.05, 0.1) is 0 Å². The normalized spacial score (nSPS) is 10.8. The van der Waals surface area contributed by atoms with Gasteiger partial charge in [0.1, 0.15) is 5.75 Å². The molecule has 0 saturated heterocycles. The lowest BCUT2D eigenvalue weighted by Gasteiger charge is -2.09. The number of fused-ring (bicyclic) bond motifs is 1.